The molecule has 6 nitrogen and oxygen atoms in total. The zero-order valence-corrected chi connectivity index (χ0v) is 9.73. The molecule has 3 rings (SSSR count). The van der Waals surface area contributed by atoms with E-state index in [9.17, 15) is 4.79 Å². The maximum Gasteiger partial charge on any atom is 0.228 e. The highest BCUT2D eigenvalue weighted by Crippen LogP contribution is 2.27. The van der Waals surface area contributed by atoms with Gasteiger partial charge in [0.25, 0.3) is 0 Å². The Hall–Kier alpha value is -2.21. The zero-order valence-electron chi connectivity index (χ0n) is 9.73. The van der Waals surface area contributed by atoms with Gasteiger partial charge in [-0.2, -0.15) is 5.10 Å². The molecule has 0 spiro atoms. The summed E-state index contributed by atoms with van der Waals surface area (Å²) in [6, 6.07) is 5.73. The van der Waals surface area contributed by atoms with E-state index in [2.05, 4.69) is 20.5 Å². The number of H-pyrrole nitrogens is 1. The van der Waals surface area contributed by atoms with Crippen molar-refractivity contribution in [2.45, 2.75) is 12.8 Å². The first-order chi connectivity index (χ1) is 8.76. The normalized spacial score (nSPS) is 13.5. The molecule has 1 aliphatic heterocycles. The van der Waals surface area contributed by atoms with Crippen molar-refractivity contribution in [3.63, 3.8) is 0 Å². The van der Waals surface area contributed by atoms with Crippen molar-refractivity contribution in [2.24, 2.45) is 5.73 Å². The van der Waals surface area contributed by atoms with Crippen molar-refractivity contribution >= 4 is 11.6 Å². The fourth-order valence-electron chi connectivity index (χ4n) is 2.04. The quantitative estimate of drug-likeness (QED) is 0.730. The lowest BCUT2D eigenvalue weighted by Gasteiger charge is -2.00. The minimum atomic E-state index is 0.0287. The number of carbonyl (C=O) groups excluding carboxylic acids is 1. The SMILES string of the molecule is NCCc1nc(-c2ccc3c(c2)CC(=O)N3)n[nH]1. The van der Waals surface area contributed by atoms with Crippen LogP contribution in [0.1, 0.15) is 11.4 Å². The second-order valence-corrected chi connectivity index (χ2v) is 4.24. The molecule has 92 valence electrons. The summed E-state index contributed by atoms with van der Waals surface area (Å²) in [7, 11) is 0. The van der Waals surface area contributed by atoms with Crippen LogP contribution < -0.4 is 11.1 Å². The van der Waals surface area contributed by atoms with Crippen LogP contribution in [-0.2, 0) is 17.6 Å². The van der Waals surface area contributed by atoms with E-state index in [-0.39, 0.29) is 5.91 Å². The molecule has 1 aromatic carbocycles. The van der Waals surface area contributed by atoms with E-state index in [0.717, 1.165) is 22.6 Å². The maximum absolute atomic E-state index is 11.3. The van der Waals surface area contributed by atoms with Crippen LogP contribution in [-0.4, -0.2) is 27.6 Å². The molecular weight excluding hydrogens is 230 g/mol. The van der Waals surface area contributed by atoms with Crippen molar-refractivity contribution in [2.75, 3.05) is 11.9 Å². The first-order valence-electron chi connectivity index (χ1n) is 5.81. The van der Waals surface area contributed by atoms with Gasteiger partial charge in [0.05, 0.1) is 6.42 Å². The fourth-order valence-corrected chi connectivity index (χ4v) is 2.04. The minimum Gasteiger partial charge on any atom is -0.330 e. The van der Waals surface area contributed by atoms with E-state index in [1.807, 2.05) is 18.2 Å². The van der Waals surface area contributed by atoms with Crippen molar-refractivity contribution in [1.29, 1.82) is 0 Å². The Labute approximate surface area is 104 Å². The van der Waals surface area contributed by atoms with E-state index in [1.54, 1.807) is 0 Å². The summed E-state index contributed by atoms with van der Waals surface area (Å²) < 4.78 is 0. The van der Waals surface area contributed by atoms with Crippen molar-refractivity contribution in [1.82, 2.24) is 15.2 Å². The number of aromatic amines is 1. The van der Waals surface area contributed by atoms with E-state index in [4.69, 9.17) is 5.73 Å². The number of amides is 1. The number of anilines is 1. The number of fused-ring (bicyclic) bond motifs is 1. The zero-order chi connectivity index (χ0) is 12.5. The van der Waals surface area contributed by atoms with Crippen LogP contribution in [0.25, 0.3) is 11.4 Å². The Kier molecular flexibility index (Phi) is 2.56. The van der Waals surface area contributed by atoms with E-state index in [1.165, 1.54) is 0 Å². The molecule has 1 aliphatic rings. The van der Waals surface area contributed by atoms with Gasteiger partial charge in [0.1, 0.15) is 5.82 Å². The number of carbonyl (C=O) groups is 1. The van der Waals surface area contributed by atoms with Gasteiger partial charge in [-0.25, -0.2) is 4.98 Å². The number of nitrogens with zero attached hydrogens (tertiary/aromatic N) is 2. The third-order valence-electron chi connectivity index (χ3n) is 2.90. The highest BCUT2D eigenvalue weighted by atomic mass is 16.1. The first-order valence-corrected chi connectivity index (χ1v) is 5.81. The molecular formula is C12H13N5O. The van der Waals surface area contributed by atoms with Crippen LogP contribution in [0.3, 0.4) is 0 Å². The fraction of sp³-hybridized carbons (Fsp3) is 0.250. The Morgan fingerprint density at radius 1 is 1.39 bits per heavy atom. The number of nitrogens with two attached hydrogens (primary N) is 1. The van der Waals surface area contributed by atoms with Gasteiger partial charge in [-0.3, -0.25) is 9.89 Å². The monoisotopic (exact) mass is 243 g/mol. The lowest BCUT2D eigenvalue weighted by molar-refractivity contribution is -0.115. The largest absolute Gasteiger partial charge is 0.330 e. The van der Waals surface area contributed by atoms with Crippen LogP contribution in [0.15, 0.2) is 18.2 Å². The van der Waals surface area contributed by atoms with Crippen LogP contribution in [0.2, 0.25) is 0 Å². The molecule has 0 bridgehead atoms. The molecule has 1 amide bonds. The smallest absolute Gasteiger partial charge is 0.228 e. The Morgan fingerprint density at radius 2 is 2.28 bits per heavy atom. The Morgan fingerprint density at radius 3 is 3.11 bits per heavy atom. The van der Waals surface area contributed by atoms with Crippen molar-refractivity contribution < 1.29 is 4.79 Å². The number of rotatable bonds is 3. The summed E-state index contributed by atoms with van der Waals surface area (Å²) >= 11 is 0. The Bertz CT molecular complexity index is 604. The second kappa shape index (κ2) is 4.23. The number of hydrogen-bond acceptors (Lipinski definition) is 4. The number of aromatic nitrogens is 3. The highest BCUT2D eigenvalue weighted by Gasteiger charge is 2.18. The number of benzene rings is 1. The van der Waals surface area contributed by atoms with E-state index < -0.39 is 0 Å². The predicted octanol–water partition coefficient (Wildman–Crippen LogP) is 0.467. The summed E-state index contributed by atoms with van der Waals surface area (Å²) in [5.41, 5.74) is 8.24. The average molecular weight is 243 g/mol. The van der Waals surface area contributed by atoms with Gasteiger partial charge < -0.3 is 11.1 Å². The third-order valence-corrected chi connectivity index (χ3v) is 2.90. The highest BCUT2D eigenvalue weighted by molar-refractivity contribution is 5.99. The van der Waals surface area contributed by atoms with Crippen LogP contribution >= 0.6 is 0 Å². The first kappa shape index (κ1) is 10.9. The summed E-state index contributed by atoms with van der Waals surface area (Å²) in [6.07, 6.45) is 1.10. The van der Waals surface area contributed by atoms with Crippen LogP contribution in [0.4, 0.5) is 5.69 Å². The second-order valence-electron chi connectivity index (χ2n) is 4.24. The van der Waals surface area contributed by atoms with Gasteiger partial charge in [-0.1, -0.05) is 0 Å². The average Bonchev–Trinajstić information content (AvgIpc) is 2.93. The molecule has 0 fully saturated rings. The topological polar surface area (TPSA) is 96.7 Å². The molecule has 6 heteroatoms. The Balaban J connectivity index is 1.92. The number of hydrogen-bond donors (Lipinski definition) is 3. The molecule has 0 unspecified atom stereocenters. The van der Waals surface area contributed by atoms with Gasteiger partial charge in [-0.05, 0) is 30.3 Å². The number of nitrogens with one attached hydrogen (secondary N) is 2. The summed E-state index contributed by atoms with van der Waals surface area (Å²) in [5.74, 6) is 1.45. The molecule has 2 aromatic rings. The summed E-state index contributed by atoms with van der Waals surface area (Å²) in [5, 5.41) is 9.81. The molecule has 0 radical (unpaired) electrons. The molecule has 0 saturated heterocycles. The van der Waals surface area contributed by atoms with Crippen molar-refractivity contribution in [3.8, 4) is 11.4 Å². The molecule has 4 N–H and O–H groups in total. The molecule has 18 heavy (non-hydrogen) atoms. The standard InChI is InChI=1S/C12H13N5O/c13-4-3-10-15-12(17-16-10)7-1-2-9-8(5-7)6-11(18)14-9/h1-2,5H,3-4,6,13H2,(H,14,18)(H,15,16,17). The van der Waals surface area contributed by atoms with E-state index >= 15 is 0 Å². The van der Waals surface area contributed by atoms with Crippen LogP contribution in [0.5, 0.6) is 0 Å². The van der Waals surface area contributed by atoms with Gasteiger partial charge >= 0.3 is 0 Å². The maximum atomic E-state index is 11.3. The lowest BCUT2D eigenvalue weighted by atomic mass is 10.1. The lowest BCUT2D eigenvalue weighted by Crippen LogP contribution is -2.03. The predicted molar refractivity (Wildman–Crippen MR) is 66.9 cm³/mol. The van der Waals surface area contributed by atoms with Gasteiger partial charge in [0.15, 0.2) is 5.82 Å². The summed E-state index contributed by atoms with van der Waals surface area (Å²) in [6.45, 7) is 0.539. The summed E-state index contributed by atoms with van der Waals surface area (Å²) in [4.78, 5) is 15.6. The molecule has 2 heterocycles. The minimum absolute atomic E-state index is 0.0287. The molecule has 1 aromatic heterocycles. The van der Waals surface area contributed by atoms with Gasteiger partial charge in [0, 0.05) is 17.7 Å². The van der Waals surface area contributed by atoms with Crippen molar-refractivity contribution in [3.05, 3.63) is 29.6 Å². The van der Waals surface area contributed by atoms with Gasteiger partial charge in [-0.15, -0.1) is 0 Å². The molecule has 0 saturated carbocycles. The van der Waals surface area contributed by atoms with E-state index in [0.29, 0.717) is 25.2 Å². The van der Waals surface area contributed by atoms with Gasteiger partial charge in [0.2, 0.25) is 5.91 Å². The molecule has 0 atom stereocenters. The third kappa shape index (κ3) is 1.86. The van der Waals surface area contributed by atoms with Crippen LogP contribution in [0, 0.1) is 0 Å². The molecule has 0 aliphatic carbocycles.